The van der Waals surface area contributed by atoms with Crippen LogP contribution in [0.25, 0.3) is 0 Å². The molecule has 0 heterocycles. The average Bonchev–Trinajstić information content (AvgIpc) is 2.80. The minimum Gasteiger partial charge on any atom is -0.392 e. The summed E-state index contributed by atoms with van der Waals surface area (Å²) in [7, 11) is 2.01. The van der Waals surface area contributed by atoms with Crippen LogP contribution in [0.15, 0.2) is 0 Å². The van der Waals surface area contributed by atoms with Crippen LogP contribution in [0.5, 0.6) is 0 Å². The standard InChI is InChI=1S/C10H21NO2/c1-9(12)7-11(2)5-6-13-8-10-3-4-10/h9-10,12H,3-8H2,1-2H3. The van der Waals surface area contributed by atoms with E-state index in [-0.39, 0.29) is 6.10 Å². The molecule has 0 amide bonds. The first-order valence-electron chi connectivity index (χ1n) is 5.13. The summed E-state index contributed by atoms with van der Waals surface area (Å²) in [4.78, 5) is 2.09. The Labute approximate surface area is 80.7 Å². The fourth-order valence-corrected chi connectivity index (χ4v) is 1.30. The van der Waals surface area contributed by atoms with Crippen molar-refractivity contribution in [3.8, 4) is 0 Å². The molecule has 0 aromatic rings. The van der Waals surface area contributed by atoms with Crippen LogP contribution >= 0.6 is 0 Å². The summed E-state index contributed by atoms with van der Waals surface area (Å²) in [5, 5.41) is 9.10. The molecule has 0 radical (unpaired) electrons. The molecule has 1 unspecified atom stereocenters. The molecule has 1 rings (SSSR count). The van der Waals surface area contributed by atoms with Crippen LogP contribution in [0.2, 0.25) is 0 Å². The van der Waals surface area contributed by atoms with Crippen LogP contribution in [-0.2, 0) is 4.74 Å². The number of hydrogen-bond acceptors (Lipinski definition) is 3. The van der Waals surface area contributed by atoms with Gasteiger partial charge in [-0.05, 0) is 32.7 Å². The molecule has 3 heteroatoms. The molecule has 3 nitrogen and oxygen atoms in total. The lowest BCUT2D eigenvalue weighted by molar-refractivity contribution is 0.0844. The Hall–Kier alpha value is -0.120. The maximum absolute atomic E-state index is 9.10. The van der Waals surface area contributed by atoms with Gasteiger partial charge in [-0.1, -0.05) is 0 Å². The number of nitrogens with zero attached hydrogens (tertiary/aromatic N) is 1. The van der Waals surface area contributed by atoms with E-state index in [1.165, 1.54) is 12.8 Å². The number of aliphatic hydroxyl groups excluding tert-OH is 1. The zero-order chi connectivity index (χ0) is 9.68. The molecule has 78 valence electrons. The second-order valence-corrected chi connectivity index (χ2v) is 4.13. The number of likely N-dealkylation sites (N-methyl/N-ethyl adjacent to an activating group) is 1. The molecule has 0 aromatic heterocycles. The first-order valence-corrected chi connectivity index (χ1v) is 5.13. The van der Waals surface area contributed by atoms with E-state index in [2.05, 4.69) is 4.90 Å². The van der Waals surface area contributed by atoms with Crippen LogP contribution in [0.1, 0.15) is 19.8 Å². The SMILES string of the molecule is CC(O)CN(C)CCOCC1CC1. The van der Waals surface area contributed by atoms with E-state index in [1.807, 2.05) is 14.0 Å². The Morgan fingerprint density at radius 3 is 2.77 bits per heavy atom. The summed E-state index contributed by atoms with van der Waals surface area (Å²) in [5.74, 6) is 0.849. The lowest BCUT2D eigenvalue weighted by Crippen LogP contribution is -2.30. The monoisotopic (exact) mass is 187 g/mol. The molecule has 0 bridgehead atoms. The highest BCUT2D eigenvalue weighted by Crippen LogP contribution is 2.28. The van der Waals surface area contributed by atoms with Gasteiger partial charge in [-0.15, -0.1) is 0 Å². The quantitative estimate of drug-likeness (QED) is 0.596. The van der Waals surface area contributed by atoms with Gasteiger partial charge in [-0.25, -0.2) is 0 Å². The van der Waals surface area contributed by atoms with Gasteiger partial charge in [0.05, 0.1) is 12.7 Å². The number of ether oxygens (including phenoxy) is 1. The van der Waals surface area contributed by atoms with E-state index in [0.29, 0.717) is 0 Å². The van der Waals surface area contributed by atoms with Crippen molar-refractivity contribution in [1.82, 2.24) is 4.90 Å². The third-order valence-electron chi connectivity index (χ3n) is 2.24. The largest absolute Gasteiger partial charge is 0.392 e. The first kappa shape index (κ1) is 11.0. The second kappa shape index (κ2) is 5.58. The molecule has 1 aliphatic carbocycles. The molecule has 0 spiro atoms. The van der Waals surface area contributed by atoms with Crippen molar-refractivity contribution < 1.29 is 9.84 Å². The van der Waals surface area contributed by atoms with Crippen molar-refractivity contribution in [3.63, 3.8) is 0 Å². The van der Waals surface area contributed by atoms with Gasteiger partial charge in [0.25, 0.3) is 0 Å². The Balaban J connectivity index is 1.85. The average molecular weight is 187 g/mol. The van der Waals surface area contributed by atoms with Gasteiger partial charge in [0.2, 0.25) is 0 Å². The Bertz CT molecular complexity index is 135. The summed E-state index contributed by atoms with van der Waals surface area (Å²) >= 11 is 0. The van der Waals surface area contributed by atoms with Gasteiger partial charge in [-0.2, -0.15) is 0 Å². The number of rotatable bonds is 7. The van der Waals surface area contributed by atoms with E-state index >= 15 is 0 Å². The normalized spacial score (nSPS) is 19.4. The number of aliphatic hydroxyl groups is 1. The van der Waals surface area contributed by atoms with Gasteiger partial charge < -0.3 is 14.7 Å². The Morgan fingerprint density at radius 1 is 1.54 bits per heavy atom. The summed E-state index contributed by atoms with van der Waals surface area (Å²) in [6.45, 7) is 5.17. The van der Waals surface area contributed by atoms with Crippen LogP contribution in [0.4, 0.5) is 0 Å². The van der Waals surface area contributed by atoms with Crippen molar-refractivity contribution >= 4 is 0 Å². The molecule has 0 aliphatic heterocycles. The van der Waals surface area contributed by atoms with Crippen molar-refractivity contribution in [1.29, 1.82) is 0 Å². The molecule has 0 saturated heterocycles. The zero-order valence-electron chi connectivity index (χ0n) is 8.70. The fourth-order valence-electron chi connectivity index (χ4n) is 1.30. The lowest BCUT2D eigenvalue weighted by Gasteiger charge is -2.17. The maximum atomic E-state index is 9.10. The van der Waals surface area contributed by atoms with Crippen molar-refractivity contribution in [3.05, 3.63) is 0 Å². The van der Waals surface area contributed by atoms with Gasteiger partial charge in [-0.3, -0.25) is 0 Å². The first-order chi connectivity index (χ1) is 6.18. The van der Waals surface area contributed by atoms with Crippen molar-refractivity contribution in [2.45, 2.75) is 25.9 Å². The molecule has 13 heavy (non-hydrogen) atoms. The summed E-state index contributed by atoms with van der Waals surface area (Å²) in [5.41, 5.74) is 0. The van der Waals surface area contributed by atoms with E-state index in [4.69, 9.17) is 9.84 Å². The van der Waals surface area contributed by atoms with Crippen LogP contribution in [0, 0.1) is 5.92 Å². The topological polar surface area (TPSA) is 32.7 Å². The summed E-state index contributed by atoms with van der Waals surface area (Å²) in [6, 6.07) is 0. The predicted octanol–water partition coefficient (Wildman–Crippen LogP) is 0.726. The van der Waals surface area contributed by atoms with E-state index in [9.17, 15) is 0 Å². The maximum Gasteiger partial charge on any atom is 0.0638 e. The molecule has 1 fully saturated rings. The van der Waals surface area contributed by atoms with Gasteiger partial charge in [0.15, 0.2) is 0 Å². The molecule has 1 aliphatic rings. The van der Waals surface area contributed by atoms with E-state index in [1.54, 1.807) is 0 Å². The van der Waals surface area contributed by atoms with E-state index in [0.717, 1.165) is 32.2 Å². The number of hydrogen-bond donors (Lipinski definition) is 1. The van der Waals surface area contributed by atoms with Crippen LogP contribution in [-0.4, -0.2) is 49.5 Å². The van der Waals surface area contributed by atoms with E-state index < -0.39 is 0 Å². The molecular formula is C10H21NO2. The summed E-state index contributed by atoms with van der Waals surface area (Å²) in [6.07, 6.45) is 2.46. The smallest absolute Gasteiger partial charge is 0.0638 e. The third kappa shape index (κ3) is 6.02. The Kier molecular flexibility index (Phi) is 4.70. The second-order valence-electron chi connectivity index (χ2n) is 4.13. The minimum absolute atomic E-state index is 0.242. The van der Waals surface area contributed by atoms with Crippen LogP contribution in [0.3, 0.4) is 0 Å². The minimum atomic E-state index is -0.242. The fraction of sp³-hybridized carbons (Fsp3) is 1.00. The van der Waals surface area contributed by atoms with Crippen molar-refractivity contribution in [2.24, 2.45) is 5.92 Å². The Morgan fingerprint density at radius 2 is 2.23 bits per heavy atom. The lowest BCUT2D eigenvalue weighted by atomic mass is 10.4. The van der Waals surface area contributed by atoms with Crippen molar-refractivity contribution in [2.75, 3.05) is 33.4 Å². The molecule has 1 saturated carbocycles. The highest BCUT2D eigenvalue weighted by Gasteiger charge is 2.20. The predicted molar refractivity (Wildman–Crippen MR) is 52.7 cm³/mol. The third-order valence-corrected chi connectivity index (χ3v) is 2.24. The van der Waals surface area contributed by atoms with Gasteiger partial charge >= 0.3 is 0 Å². The molecule has 0 aromatic carbocycles. The highest BCUT2D eigenvalue weighted by atomic mass is 16.5. The molecular weight excluding hydrogens is 166 g/mol. The molecule has 1 atom stereocenters. The van der Waals surface area contributed by atoms with Gasteiger partial charge in [0, 0.05) is 19.7 Å². The van der Waals surface area contributed by atoms with Crippen LogP contribution < -0.4 is 0 Å². The van der Waals surface area contributed by atoms with Gasteiger partial charge in [0.1, 0.15) is 0 Å². The summed E-state index contributed by atoms with van der Waals surface area (Å²) < 4.78 is 5.49. The highest BCUT2D eigenvalue weighted by molar-refractivity contribution is 4.72. The zero-order valence-corrected chi connectivity index (χ0v) is 8.70. The molecule has 1 N–H and O–H groups in total.